The molecule has 7 nitrogen and oxygen atoms in total. The van der Waals surface area contributed by atoms with Crippen LogP contribution in [-0.4, -0.2) is 21.3 Å². The average Bonchev–Trinajstić information content (AvgIpc) is 2.74. The van der Waals surface area contributed by atoms with Crippen LogP contribution in [0.15, 0.2) is 69.9 Å². The van der Waals surface area contributed by atoms with Crippen LogP contribution in [0, 0.1) is 0 Å². The fourth-order valence-corrected chi connectivity index (χ4v) is 3.01. The highest BCUT2D eigenvalue weighted by molar-refractivity contribution is 6.30. The Kier molecular flexibility index (Phi) is 4.81. The summed E-state index contributed by atoms with van der Waals surface area (Å²) in [6.07, 6.45) is 0. The van der Waals surface area contributed by atoms with Crippen molar-refractivity contribution in [3.05, 3.63) is 81.5 Å². The zero-order valence-electron chi connectivity index (χ0n) is 15.1. The molecule has 0 spiro atoms. The first kappa shape index (κ1) is 19.4. The van der Waals surface area contributed by atoms with E-state index in [1.165, 1.54) is 6.07 Å². The third-order valence-electron chi connectivity index (χ3n) is 4.36. The van der Waals surface area contributed by atoms with Crippen molar-refractivity contribution >= 4 is 28.5 Å². The average molecular weight is 425 g/mol. The van der Waals surface area contributed by atoms with Crippen LogP contribution in [0.5, 0.6) is 23.0 Å². The van der Waals surface area contributed by atoms with E-state index in [4.69, 9.17) is 20.8 Å². The molecule has 4 aromatic rings. The van der Waals surface area contributed by atoms with Gasteiger partial charge in [-0.1, -0.05) is 23.7 Å². The molecule has 1 heterocycles. The molecule has 3 N–H and O–H groups in total. The van der Waals surface area contributed by atoms with E-state index in [9.17, 15) is 24.9 Å². The van der Waals surface area contributed by atoms with Crippen molar-refractivity contribution in [3.8, 4) is 34.3 Å². The number of carbonyl (C=O) groups excluding carboxylic acids is 1. The number of hydrogen-bond acceptors (Lipinski definition) is 7. The Bertz CT molecular complexity index is 1320. The maximum absolute atomic E-state index is 13.0. The molecule has 150 valence electrons. The zero-order chi connectivity index (χ0) is 21.4. The van der Waals surface area contributed by atoms with Gasteiger partial charge in [-0.2, -0.15) is 0 Å². The van der Waals surface area contributed by atoms with Crippen LogP contribution in [0.25, 0.3) is 22.3 Å². The minimum atomic E-state index is -1.04. The Morgan fingerprint density at radius 1 is 0.933 bits per heavy atom. The van der Waals surface area contributed by atoms with Crippen LogP contribution < -0.4 is 10.2 Å². The van der Waals surface area contributed by atoms with Gasteiger partial charge in [0.05, 0.1) is 10.9 Å². The maximum atomic E-state index is 13.0. The number of carbonyl (C=O) groups is 1. The van der Waals surface area contributed by atoms with Crippen LogP contribution in [0.2, 0.25) is 5.02 Å². The van der Waals surface area contributed by atoms with Crippen molar-refractivity contribution in [2.75, 3.05) is 0 Å². The number of fused-ring (bicyclic) bond motifs is 1. The third kappa shape index (κ3) is 3.42. The first-order valence-electron chi connectivity index (χ1n) is 8.64. The number of phenols is 3. The van der Waals surface area contributed by atoms with E-state index in [2.05, 4.69) is 0 Å². The molecule has 0 saturated heterocycles. The Morgan fingerprint density at radius 2 is 1.57 bits per heavy atom. The molecule has 30 heavy (non-hydrogen) atoms. The molecule has 0 aliphatic heterocycles. The van der Waals surface area contributed by atoms with E-state index in [1.54, 1.807) is 42.5 Å². The van der Waals surface area contributed by atoms with Crippen LogP contribution in [-0.2, 0) is 0 Å². The fraction of sp³-hybridized carbons (Fsp3) is 0. The molecule has 4 rings (SSSR count). The van der Waals surface area contributed by atoms with E-state index >= 15 is 0 Å². The van der Waals surface area contributed by atoms with Gasteiger partial charge in [0.25, 0.3) is 0 Å². The summed E-state index contributed by atoms with van der Waals surface area (Å²) in [7, 11) is 0. The molecule has 1 aromatic heterocycles. The van der Waals surface area contributed by atoms with Gasteiger partial charge in [0.15, 0.2) is 23.0 Å². The summed E-state index contributed by atoms with van der Waals surface area (Å²) in [5.74, 6) is -3.61. The van der Waals surface area contributed by atoms with Crippen LogP contribution in [0.3, 0.4) is 0 Å². The number of benzene rings is 3. The minimum Gasteiger partial charge on any atom is -0.504 e. The summed E-state index contributed by atoms with van der Waals surface area (Å²) < 4.78 is 11.2. The first-order valence-corrected chi connectivity index (χ1v) is 9.02. The van der Waals surface area contributed by atoms with Gasteiger partial charge in [-0.3, -0.25) is 4.79 Å². The molecular weight excluding hydrogens is 412 g/mol. The van der Waals surface area contributed by atoms with E-state index in [1.807, 2.05) is 0 Å². The van der Waals surface area contributed by atoms with Gasteiger partial charge in [-0.15, -0.1) is 0 Å². The van der Waals surface area contributed by atoms with E-state index < -0.39 is 28.6 Å². The summed E-state index contributed by atoms with van der Waals surface area (Å²) in [5, 5.41) is 29.4. The lowest BCUT2D eigenvalue weighted by Gasteiger charge is -2.11. The summed E-state index contributed by atoms with van der Waals surface area (Å²) >= 11 is 5.93. The highest BCUT2D eigenvalue weighted by Gasteiger charge is 2.22. The highest BCUT2D eigenvalue weighted by atomic mass is 35.5. The maximum Gasteiger partial charge on any atom is 0.344 e. The molecule has 0 atom stereocenters. The van der Waals surface area contributed by atoms with Crippen LogP contribution in [0.4, 0.5) is 0 Å². The summed E-state index contributed by atoms with van der Waals surface area (Å²) in [5.41, 5.74) is -0.117. The topological polar surface area (TPSA) is 117 Å². The smallest absolute Gasteiger partial charge is 0.344 e. The molecule has 0 radical (unpaired) electrons. The Hall–Kier alpha value is -3.97. The quantitative estimate of drug-likeness (QED) is 0.328. The standard InChI is InChI=1S/C22H13ClO7/c23-13-7-5-11(6-8-13)20-21(18(26)14-3-1-2-4-17(14)29-20)30-22(28)12-9-15(24)19(27)16(25)10-12/h1-10,24-25,27H. The predicted octanol–water partition coefficient (Wildman–Crippen LogP) is 4.45. The lowest BCUT2D eigenvalue weighted by molar-refractivity contribution is 0.0730. The SMILES string of the molecule is O=C(Oc1c(-c2ccc(Cl)cc2)oc2ccccc2c1=O)c1cc(O)c(O)c(O)c1. The van der Waals surface area contributed by atoms with Gasteiger partial charge in [-0.25, -0.2) is 4.79 Å². The molecule has 0 bridgehead atoms. The molecule has 3 aromatic carbocycles. The molecule has 0 amide bonds. The van der Waals surface area contributed by atoms with E-state index in [0.717, 1.165) is 12.1 Å². The number of esters is 1. The van der Waals surface area contributed by atoms with E-state index in [0.29, 0.717) is 16.2 Å². The normalized spacial score (nSPS) is 10.8. The van der Waals surface area contributed by atoms with Crippen molar-refractivity contribution in [2.45, 2.75) is 0 Å². The van der Waals surface area contributed by atoms with Gasteiger partial charge >= 0.3 is 5.97 Å². The number of rotatable bonds is 3. The molecule has 0 aliphatic carbocycles. The Labute approximate surface area is 174 Å². The number of halogens is 1. The van der Waals surface area contributed by atoms with Gasteiger partial charge < -0.3 is 24.5 Å². The Balaban J connectivity index is 1.87. The summed E-state index contributed by atoms with van der Waals surface area (Å²) in [6.45, 7) is 0. The van der Waals surface area contributed by atoms with Crippen molar-refractivity contribution in [3.63, 3.8) is 0 Å². The molecular formula is C22H13ClO7. The summed E-state index contributed by atoms with van der Waals surface area (Å²) in [4.78, 5) is 25.7. The molecule has 0 aliphatic rings. The molecule has 0 saturated carbocycles. The van der Waals surface area contributed by atoms with Gasteiger partial charge in [-0.05, 0) is 48.5 Å². The lowest BCUT2D eigenvalue weighted by Crippen LogP contribution is -2.16. The molecule has 8 heteroatoms. The largest absolute Gasteiger partial charge is 0.504 e. The van der Waals surface area contributed by atoms with Crippen molar-refractivity contribution in [2.24, 2.45) is 0 Å². The highest BCUT2D eigenvalue weighted by Crippen LogP contribution is 2.36. The van der Waals surface area contributed by atoms with Crippen molar-refractivity contribution in [1.29, 1.82) is 0 Å². The number of para-hydroxylation sites is 1. The second-order valence-electron chi connectivity index (χ2n) is 6.35. The third-order valence-corrected chi connectivity index (χ3v) is 4.61. The summed E-state index contributed by atoms with van der Waals surface area (Å²) in [6, 6.07) is 14.7. The molecule has 0 fully saturated rings. The monoisotopic (exact) mass is 424 g/mol. The number of ether oxygens (including phenoxy) is 1. The second-order valence-corrected chi connectivity index (χ2v) is 6.78. The van der Waals surface area contributed by atoms with Gasteiger partial charge in [0.2, 0.25) is 11.2 Å². The van der Waals surface area contributed by atoms with Crippen LogP contribution in [0.1, 0.15) is 10.4 Å². The number of aromatic hydroxyl groups is 3. The lowest BCUT2D eigenvalue weighted by atomic mass is 10.1. The minimum absolute atomic E-state index is 0.0101. The number of phenolic OH excluding ortho intramolecular Hbond substituents is 3. The van der Waals surface area contributed by atoms with Crippen LogP contribution >= 0.6 is 11.6 Å². The van der Waals surface area contributed by atoms with Crippen molar-refractivity contribution in [1.82, 2.24) is 0 Å². The zero-order valence-corrected chi connectivity index (χ0v) is 15.9. The van der Waals surface area contributed by atoms with Gasteiger partial charge in [0, 0.05) is 10.6 Å². The number of hydrogen-bond donors (Lipinski definition) is 3. The van der Waals surface area contributed by atoms with Gasteiger partial charge in [0.1, 0.15) is 5.58 Å². The molecule has 0 unspecified atom stereocenters. The second kappa shape index (κ2) is 7.46. The predicted molar refractivity (Wildman–Crippen MR) is 109 cm³/mol. The first-order chi connectivity index (χ1) is 14.3. The Morgan fingerprint density at radius 3 is 2.23 bits per heavy atom. The van der Waals surface area contributed by atoms with E-state index in [-0.39, 0.29) is 22.5 Å². The van der Waals surface area contributed by atoms with Crippen molar-refractivity contribution < 1.29 is 29.3 Å². The fourth-order valence-electron chi connectivity index (χ4n) is 2.88.